The summed E-state index contributed by atoms with van der Waals surface area (Å²) in [5.41, 5.74) is -0.537. The first-order valence-electron chi connectivity index (χ1n) is 5.88. The van der Waals surface area contributed by atoms with E-state index in [1.807, 2.05) is 6.92 Å². The van der Waals surface area contributed by atoms with Crippen LogP contribution in [0.4, 0.5) is 15.8 Å². The number of likely N-dealkylation sites (N-methyl/N-ethyl adjacent to an activating group) is 1. The van der Waals surface area contributed by atoms with Crippen molar-refractivity contribution in [2.24, 2.45) is 0 Å². The first-order chi connectivity index (χ1) is 8.97. The van der Waals surface area contributed by atoms with Gasteiger partial charge in [0.05, 0.1) is 11.5 Å². The van der Waals surface area contributed by atoms with Crippen molar-refractivity contribution in [3.63, 3.8) is 0 Å². The van der Waals surface area contributed by atoms with Crippen molar-refractivity contribution in [3.8, 4) is 0 Å². The summed E-state index contributed by atoms with van der Waals surface area (Å²) in [7, 11) is 1.51. The first kappa shape index (κ1) is 14.9. The Bertz CT molecular complexity index is 479. The summed E-state index contributed by atoms with van der Waals surface area (Å²) in [6.45, 7) is 2.39. The third-order valence-electron chi connectivity index (χ3n) is 2.51. The van der Waals surface area contributed by atoms with Crippen LogP contribution < -0.4 is 10.2 Å². The van der Waals surface area contributed by atoms with E-state index in [0.29, 0.717) is 6.54 Å². The fourth-order valence-corrected chi connectivity index (χ4v) is 1.61. The number of nitrogens with zero attached hydrogens (tertiary/aromatic N) is 2. The van der Waals surface area contributed by atoms with Crippen LogP contribution in [-0.2, 0) is 4.79 Å². The van der Waals surface area contributed by atoms with Crippen LogP contribution in [0.2, 0.25) is 0 Å². The van der Waals surface area contributed by atoms with Gasteiger partial charge in [-0.25, -0.2) is 0 Å². The van der Waals surface area contributed by atoms with E-state index in [1.54, 1.807) is 0 Å². The van der Waals surface area contributed by atoms with Crippen molar-refractivity contribution < 1.29 is 14.1 Å². The molecule has 0 atom stereocenters. The largest absolute Gasteiger partial charge is 0.360 e. The van der Waals surface area contributed by atoms with E-state index in [-0.39, 0.29) is 18.1 Å². The molecule has 0 saturated carbocycles. The summed E-state index contributed by atoms with van der Waals surface area (Å²) >= 11 is 0. The number of rotatable bonds is 6. The molecule has 0 spiro atoms. The third-order valence-corrected chi connectivity index (χ3v) is 2.51. The number of benzene rings is 1. The minimum Gasteiger partial charge on any atom is -0.360 e. The predicted molar refractivity (Wildman–Crippen MR) is 69.6 cm³/mol. The molecule has 7 heteroatoms. The van der Waals surface area contributed by atoms with Gasteiger partial charge in [0.25, 0.3) is 0 Å². The lowest BCUT2D eigenvalue weighted by molar-refractivity contribution is -0.386. The van der Waals surface area contributed by atoms with Crippen LogP contribution in [0, 0.1) is 15.9 Å². The Labute approximate surface area is 110 Å². The SMILES string of the molecule is CCCNC(=O)CN(C)c1cccc(F)c1[N+](=O)[O-]. The van der Waals surface area contributed by atoms with Gasteiger partial charge < -0.3 is 10.2 Å². The van der Waals surface area contributed by atoms with Crippen LogP contribution in [-0.4, -0.2) is 31.0 Å². The molecule has 1 amide bonds. The number of carbonyl (C=O) groups excluding carboxylic acids is 1. The van der Waals surface area contributed by atoms with Crippen molar-refractivity contribution in [2.45, 2.75) is 13.3 Å². The number of nitrogens with one attached hydrogen (secondary N) is 1. The highest BCUT2D eigenvalue weighted by Crippen LogP contribution is 2.29. The summed E-state index contributed by atoms with van der Waals surface area (Å²) in [6, 6.07) is 3.80. The maximum absolute atomic E-state index is 13.4. The molecular formula is C12H16FN3O3. The topological polar surface area (TPSA) is 75.5 Å². The van der Waals surface area contributed by atoms with E-state index in [2.05, 4.69) is 5.32 Å². The second-order valence-electron chi connectivity index (χ2n) is 4.07. The highest BCUT2D eigenvalue weighted by Gasteiger charge is 2.23. The van der Waals surface area contributed by atoms with Crippen molar-refractivity contribution in [3.05, 3.63) is 34.1 Å². The average Bonchev–Trinajstić information content (AvgIpc) is 2.35. The molecule has 1 N–H and O–H groups in total. The number of anilines is 1. The average molecular weight is 269 g/mol. The number of hydrogen-bond donors (Lipinski definition) is 1. The highest BCUT2D eigenvalue weighted by molar-refractivity contribution is 5.82. The van der Waals surface area contributed by atoms with Gasteiger partial charge in [0.2, 0.25) is 11.7 Å². The van der Waals surface area contributed by atoms with Gasteiger partial charge in [-0.2, -0.15) is 4.39 Å². The van der Waals surface area contributed by atoms with Crippen molar-refractivity contribution >= 4 is 17.3 Å². The Morgan fingerprint density at radius 1 is 1.53 bits per heavy atom. The second-order valence-corrected chi connectivity index (χ2v) is 4.07. The molecule has 1 aromatic rings. The van der Waals surface area contributed by atoms with Crippen molar-refractivity contribution in [2.75, 3.05) is 25.0 Å². The number of nitro groups is 1. The van der Waals surface area contributed by atoms with Crippen LogP contribution in [0.15, 0.2) is 18.2 Å². The summed E-state index contributed by atoms with van der Waals surface area (Å²) < 4.78 is 13.4. The fourth-order valence-electron chi connectivity index (χ4n) is 1.61. The molecule has 104 valence electrons. The van der Waals surface area contributed by atoms with E-state index in [4.69, 9.17) is 0 Å². The van der Waals surface area contributed by atoms with Crippen molar-refractivity contribution in [1.82, 2.24) is 5.32 Å². The van der Waals surface area contributed by atoms with E-state index in [1.165, 1.54) is 24.1 Å². The molecule has 19 heavy (non-hydrogen) atoms. The molecule has 1 aromatic carbocycles. The first-order valence-corrected chi connectivity index (χ1v) is 5.88. The summed E-state index contributed by atoms with van der Waals surface area (Å²) in [5, 5.41) is 13.5. The Balaban J connectivity index is 2.88. The number of carbonyl (C=O) groups is 1. The Morgan fingerprint density at radius 2 is 2.21 bits per heavy atom. The van der Waals surface area contributed by atoms with E-state index in [9.17, 15) is 19.3 Å². The molecule has 6 nitrogen and oxygen atoms in total. The van der Waals surface area contributed by atoms with Gasteiger partial charge in [0.15, 0.2) is 0 Å². The molecule has 0 bridgehead atoms. The molecule has 0 radical (unpaired) electrons. The molecule has 0 fully saturated rings. The summed E-state index contributed by atoms with van der Waals surface area (Å²) in [6.07, 6.45) is 0.801. The Kier molecular flexibility index (Phi) is 5.23. The summed E-state index contributed by atoms with van der Waals surface area (Å²) in [5.74, 6) is -1.17. The minimum absolute atomic E-state index is 0.0652. The lowest BCUT2D eigenvalue weighted by Gasteiger charge is -2.18. The van der Waals surface area contributed by atoms with Gasteiger partial charge in [0.1, 0.15) is 5.69 Å². The maximum atomic E-state index is 13.4. The Hall–Kier alpha value is -2.18. The van der Waals surface area contributed by atoms with Crippen LogP contribution in [0.3, 0.4) is 0 Å². The standard InChI is InChI=1S/C12H16FN3O3/c1-3-7-14-11(17)8-15(2)10-6-4-5-9(13)12(10)16(18)19/h4-6H,3,7-8H2,1-2H3,(H,14,17). The van der Waals surface area contributed by atoms with E-state index >= 15 is 0 Å². The normalized spacial score (nSPS) is 10.1. The van der Waals surface area contributed by atoms with E-state index < -0.39 is 16.4 Å². The van der Waals surface area contributed by atoms with Crippen LogP contribution >= 0.6 is 0 Å². The van der Waals surface area contributed by atoms with Gasteiger partial charge >= 0.3 is 5.69 Å². The fraction of sp³-hybridized carbons (Fsp3) is 0.417. The Morgan fingerprint density at radius 3 is 2.79 bits per heavy atom. The van der Waals surface area contributed by atoms with Crippen LogP contribution in [0.5, 0.6) is 0 Å². The zero-order valence-corrected chi connectivity index (χ0v) is 10.9. The monoisotopic (exact) mass is 269 g/mol. The molecular weight excluding hydrogens is 253 g/mol. The van der Waals surface area contributed by atoms with Gasteiger partial charge in [-0.3, -0.25) is 14.9 Å². The lowest BCUT2D eigenvalue weighted by Crippen LogP contribution is -2.35. The molecule has 0 aliphatic rings. The lowest BCUT2D eigenvalue weighted by atomic mass is 10.2. The second kappa shape index (κ2) is 6.67. The van der Waals surface area contributed by atoms with Gasteiger partial charge in [0, 0.05) is 13.6 Å². The minimum atomic E-state index is -0.914. The molecule has 0 saturated heterocycles. The zero-order chi connectivity index (χ0) is 14.4. The number of amides is 1. The molecule has 0 aliphatic carbocycles. The van der Waals surface area contributed by atoms with E-state index in [0.717, 1.165) is 12.5 Å². The summed E-state index contributed by atoms with van der Waals surface area (Å²) in [4.78, 5) is 22.9. The quantitative estimate of drug-likeness (QED) is 0.630. The zero-order valence-electron chi connectivity index (χ0n) is 10.9. The van der Waals surface area contributed by atoms with Gasteiger partial charge in [-0.05, 0) is 18.6 Å². The molecule has 0 aliphatic heterocycles. The molecule has 0 aromatic heterocycles. The van der Waals surface area contributed by atoms with Crippen LogP contribution in [0.1, 0.15) is 13.3 Å². The van der Waals surface area contributed by atoms with Gasteiger partial charge in [-0.15, -0.1) is 0 Å². The number of hydrogen-bond acceptors (Lipinski definition) is 4. The number of halogens is 1. The molecule has 0 heterocycles. The molecule has 0 unspecified atom stereocenters. The smallest absolute Gasteiger partial charge is 0.327 e. The van der Waals surface area contributed by atoms with Crippen LogP contribution in [0.25, 0.3) is 0 Å². The number of nitro benzene ring substituents is 1. The maximum Gasteiger partial charge on any atom is 0.327 e. The highest BCUT2D eigenvalue weighted by atomic mass is 19.1. The predicted octanol–water partition coefficient (Wildman–Crippen LogP) is 1.70. The van der Waals surface area contributed by atoms with Gasteiger partial charge in [-0.1, -0.05) is 13.0 Å². The number of para-hydroxylation sites is 1. The third kappa shape index (κ3) is 3.90. The van der Waals surface area contributed by atoms with Crippen molar-refractivity contribution in [1.29, 1.82) is 0 Å². The molecule has 1 rings (SSSR count).